The standard InChI is InChI=1S/C17H36N4O2.HI/c1-14(2)21(15(3)4)9-8-19-16(18-5)20-12-17(6-10-22)7-11-23-13-17;/h14-15,22H,6-13H2,1-5H3,(H2,18,19,20);1H. The fraction of sp³-hybridized carbons (Fsp3) is 0.941. The van der Waals surface area contributed by atoms with Crippen molar-refractivity contribution < 1.29 is 9.84 Å². The van der Waals surface area contributed by atoms with Crippen LogP contribution in [0.5, 0.6) is 0 Å². The number of aliphatic hydroxyl groups excluding tert-OH is 1. The summed E-state index contributed by atoms with van der Waals surface area (Å²) in [6.07, 6.45) is 1.76. The second-order valence-electron chi connectivity index (χ2n) is 7.05. The first-order chi connectivity index (χ1) is 10.9. The van der Waals surface area contributed by atoms with Crippen LogP contribution in [0.25, 0.3) is 0 Å². The van der Waals surface area contributed by atoms with Gasteiger partial charge in [0.15, 0.2) is 5.96 Å². The largest absolute Gasteiger partial charge is 0.396 e. The van der Waals surface area contributed by atoms with Crippen LogP contribution in [0.1, 0.15) is 40.5 Å². The van der Waals surface area contributed by atoms with Crippen LogP contribution in [-0.4, -0.2) is 74.6 Å². The van der Waals surface area contributed by atoms with Gasteiger partial charge in [0.05, 0.1) is 6.61 Å². The van der Waals surface area contributed by atoms with Crippen LogP contribution in [0.3, 0.4) is 0 Å². The topological polar surface area (TPSA) is 69.1 Å². The van der Waals surface area contributed by atoms with Crippen molar-refractivity contribution in [2.75, 3.05) is 46.5 Å². The van der Waals surface area contributed by atoms with Crippen molar-refractivity contribution in [3.8, 4) is 0 Å². The molecule has 1 aliphatic rings. The van der Waals surface area contributed by atoms with Gasteiger partial charge in [-0.15, -0.1) is 24.0 Å². The van der Waals surface area contributed by atoms with Crippen molar-refractivity contribution in [2.24, 2.45) is 10.4 Å². The Morgan fingerprint density at radius 2 is 1.92 bits per heavy atom. The molecule has 1 rings (SSSR count). The Kier molecular flexibility index (Phi) is 12.2. The van der Waals surface area contributed by atoms with Crippen molar-refractivity contribution in [3.63, 3.8) is 0 Å². The number of hydrogen-bond donors (Lipinski definition) is 3. The summed E-state index contributed by atoms with van der Waals surface area (Å²) in [6.45, 7) is 13.2. The van der Waals surface area contributed by atoms with Gasteiger partial charge in [-0.25, -0.2) is 0 Å². The van der Waals surface area contributed by atoms with Crippen LogP contribution < -0.4 is 10.6 Å². The van der Waals surface area contributed by atoms with Gasteiger partial charge in [-0.05, 0) is 40.5 Å². The Labute approximate surface area is 164 Å². The quantitative estimate of drug-likeness (QED) is 0.280. The van der Waals surface area contributed by atoms with Crippen LogP contribution in [0.2, 0.25) is 0 Å². The van der Waals surface area contributed by atoms with Gasteiger partial charge in [0.25, 0.3) is 0 Å². The minimum atomic E-state index is 0. The van der Waals surface area contributed by atoms with Gasteiger partial charge < -0.3 is 20.5 Å². The molecular formula is C17H37IN4O2. The van der Waals surface area contributed by atoms with E-state index in [4.69, 9.17) is 4.74 Å². The van der Waals surface area contributed by atoms with E-state index in [1.165, 1.54) is 0 Å². The highest BCUT2D eigenvalue weighted by Gasteiger charge is 2.34. The van der Waals surface area contributed by atoms with Crippen LogP contribution in [0.4, 0.5) is 0 Å². The third-order valence-electron chi connectivity index (χ3n) is 4.67. The molecular weight excluding hydrogens is 419 g/mol. The van der Waals surface area contributed by atoms with Gasteiger partial charge in [-0.1, -0.05) is 0 Å². The lowest BCUT2D eigenvalue weighted by Crippen LogP contribution is -2.47. The Balaban J connectivity index is 0.00000529. The van der Waals surface area contributed by atoms with Gasteiger partial charge in [0.2, 0.25) is 0 Å². The van der Waals surface area contributed by atoms with Gasteiger partial charge in [0, 0.05) is 57.4 Å². The maximum atomic E-state index is 9.29. The molecule has 1 saturated heterocycles. The van der Waals surface area contributed by atoms with Gasteiger partial charge in [-0.2, -0.15) is 0 Å². The molecule has 0 aromatic rings. The molecule has 7 heteroatoms. The fourth-order valence-electron chi connectivity index (χ4n) is 3.22. The lowest BCUT2D eigenvalue weighted by molar-refractivity contribution is 0.127. The number of halogens is 1. The lowest BCUT2D eigenvalue weighted by Gasteiger charge is -2.31. The Morgan fingerprint density at radius 3 is 2.38 bits per heavy atom. The summed E-state index contributed by atoms with van der Waals surface area (Å²) in [5, 5.41) is 16.1. The zero-order chi connectivity index (χ0) is 17.3. The average Bonchev–Trinajstić information content (AvgIpc) is 2.95. The van der Waals surface area contributed by atoms with E-state index in [1.807, 2.05) is 0 Å². The van der Waals surface area contributed by atoms with Gasteiger partial charge in [0.1, 0.15) is 0 Å². The van der Waals surface area contributed by atoms with Crippen LogP contribution in [0, 0.1) is 5.41 Å². The zero-order valence-electron chi connectivity index (χ0n) is 16.0. The summed E-state index contributed by atoms with van der Waals surface area (Å²) in [5.41, 5.74) is 0.0360. The van der Waals surface area contributed by atoms with E-state index in [9.17, 15) is 5.11 Å². The Morgan fingerprint density at radius 1 is 1.25 bits per heavy atom. The number of nitrogens with one attached hydrogen (secondary N) is 2. The van der Waals surface area contributed by atoms with E-state index < -0.39 is 0 Å². The monoisotopic (exact) mass is 456 g/mol. The van der Waals surface area contributed by atoms with Gasteiger partial charge >= 0.3 is 0 Å². The maximum absolute atomic E-state index is 9.29. The summed E-state index contributed by atoms with van der Waals surface area (Å²) in [7, 11) is 1.79. The molecule has 0 aromatic heterocycles. The molecule has 0 aliphatic carbocycles. The molecule has 144 valence electrons. The molecule has 1 atom stereocenters. The number of aliphatic imine (C=N–C) groups is 1. The molecule has 0 radical (unpaired) electrons. The third kappa shape index (κ3) is 7.84. The molecule has 1 aliphatic heterocycles. The van der Waals surface area contributed by atoms with Crippen molar-refractivity contribution in [1.82, 2.24) is 15.5 Å². The number of nitrogens with zero attached hydrogens (tertiary/aromatic N) is 2. The first kappa shape index (κ1) is 23.9. The smallest absolute Gasteiger partial charge is 0.191 e. The maximum Gasteiger partial charge on any atom is 0.191 e. The highest BCUT2D eigenvalue weighted by molar-refractivity contribution is 14.0. The first-order valence-electron chi connectivity index (χ1n) is 8.83. The molecule has 1 heterocycles. The molecule has 0 amide bonds. The summed E-state index contributed by atoms with van der Waals surface area (Å²) in [6, 6.07) is 1.07. The van der Waals surface area contributed by atoms with Crippen LogP contribution >= 0.6 is 24.0 Å². The van der Waals surface area contributed by atoms with Gasteiger partial charge in [-0.3, -0.25) is 9.89 Å². The SMILES string of the molecule is CN=C(NCCN(C(C)C)C(C)C)NCC1(CCO)CCOC1.I. The first-order valence-corrected chi connectivity index (χ1v) is 8.83. The van der Waals surface area contributed by atoms with E-state index in [2.05, 4.69) is 48.2 Å². The second-order valence-corrected chi connectivity index (χ2v) is 7.05. The number of aliphatic hydroxyl groups is 1. The molecule has 0 saturated carbocycles. The molecule has 1 fully saturated rings. The van der Waals surface area contributed by atoms with E-state index in [0.29, 0.717) is 18.7 Å². The molecule has 6 nitrogen and oxygen atoms in total. The highest BCUT2D eigenvalue weighted by atomic mass is 127. The average molecular weight is 456 g/mol. The minimum absolute atomic E-state index is 0. The van der Waals surface area contributed by atoms with Crippen molar-refractivity contribution in [2.45, 2.75) is 52.6 Å². The van der Waals surface area contributed by atoms with Crippen molar-refractivity contribution in [3.05, 3.63) is 0 Å². The minimum Gasteiger partial charge on any atom is -0.396 e. The number of hydrogen-bond acceptors (Lipinski definition) is 4. The van der Waals surface area contributed by atoms with Crippen LogP contribution in [0.15, 0.2) is 4.99 Å². The predicted molar refractivity (Wildman–Crippen MR) is 111 cm³/mol. The summed E-state index contributed by atoms with van der Waals surface area (Å²) >= 11 is 0. The molecule has 0 spiro atoms. The van der Waals surface area contributed by atoms with E-state index >= 15 is 0 Å². The zero-order valence-corrected chi connectivity index (χ0v) is 18.3. The number of rotatable bonds is 9. The predicted octanol–water partition coefficient (Wildman–Crippen LogP) is 1.68. The summed E-state index contributed by atoms with van der Waals surface area (Å²) in [5.74, 6) is 0.821. The Bertz CT molecular complexity index is 350. The molecule has 24 heavy (non-hydrogen) atoms. The second kappa shape index (κ2) is 12.3. The van der Waals surface area contributed by atoms with E-state index in [0.717, 1.165) is 45.0 Å². The highest BCUT2D eigenvalue weighted by Crippen LogP contribution is 2.31. The molecule has 1 unspecified atom stereocenters. The molecule has 0 bridgehead atoms. The van der Waals surface area contributed by atoms with Crippen LogP contribution in [-0.2, 0) is 4.74 Å². The van der Waals surface area contributed by atoms with E-state index in [1.54, 1.807) is 7.05 Å². The van der Waals surface area contributed by atoms with Crippen molar-refractivity contribution >= 4 is 29.9 Å². The Hall–Kier alpha value is -0.120. The lowest BCUT2D eigenvalue weighted by atomic mass is 9.84. The number of guanidine groups is 1. The normalized spacial score (nSPS) is 21.5. The van der Waals surface area contributed by atoms with Crippen molar-refractivity contribution in [1.29, 1.82) is 0 Å². The third-order valence-corrected chi connectivity index (χ3v) is 4.67. The molecule has 3 N–H and O–H groups in total. The number of ether oxygens (including phenoxy) is 1. The van der Waals surface area contributed by atoms with E-state index in [-0.39, 0.29) is 36.0 Å². The summed E-state index contributed by atoms with van der Waals surface area (Å²) < 4.78 is 5.53. The molecule has 0 aromatic carbocycles. The fourth-order valence-corrected chi connectivity index (χ4v) is 3.22. The summed E-state index contributed by atoms with van der Waals surface area (Å²) in [4.78, 5) is 6.76.